The van der Waals surface area contributed by atoms with E-state index in [2.05, 4.69) is 17.2 Å². The molecule has 0 unspecified atom stereocenters. The van der Waals surface area contributed by atoms with E-state index in [9.17, 15) is 4.79 Å². The fourth-order valence-corrected chi connectivity index (χ4v) is 2.96. The summed E-state index contributed by atoms with van der Waals surface area (Å²) < 4.78 is 0. The largest absolute Gasteiger partial charge is 0.345 e. The number of carbonyl (C=O) groups is 1. The number of amides is 1. The van der Waals surface area contributed by atoms with Gasteiger partial charge in [0, 0.05) is 11.3 Å². The molecule has 0 aliphatic carbocycles. The summed E-state index contributed by atoms with van der Waals surface area (Å²) in [6, 6.07) is 0. The van der Waals surface area contributed by atoms with Crippen molar-refractivity contribution in [1.82, 2.24) is 10.3 Å². The van der Waals surface area contributed by atoms with Crippen LogP contribution in [0.3, 0.4) is 0 Å². The first-order valence-corrected chi connectivity index (χ1v) is 8.14. The molecule has 1 amide bonds. The predicted molar refractivity (Wildman–Crippen MR) is 99.4 cm³/mol. The van der Waals surface area contributed by atoms with Crippen molar-refractivity contribution >= 4 is 42.1 Å². The topological polar surface area (TPSA) is 68.0 Å². The van der Waals surface area contributed by atoms with E-state index in [-0.39, 0.29) is 30.7 Å². The van der Waals surface area contributed by atoms with Crippen molar-refractivity contribution < 1.29 is 4.79 Å². The maximum absolute atomic E-state index is 12.0. The third-order valence-corrected chi connectivity index (χ3v) is 4.77. The number of hydrogen-bond acceptors (Lipinski definition) is 4. The zero-order valence-electron chi connectivity index (χ0n) is 13.9. The Labute approximate surface area is 150 Å². The summed E-state index contributed by atoms with van der Waals surface area (Å²) in [5.41, 5.74) is 6.11. The molecule has 0 spiro atoms. The van der Waals surface area contributed by atoms with E-state index >= 15 is 0 Å². The van der Waals surface area contributed by atoms with Crippen molar-refractivity contribution in [2.45, 2.75) is 65.3 Å². The molecule has 22 heavy (non-hydrogen) atoms. The number of halogens is 2. The summed E-state index contributed by atoms with van der Waals surface area (Å²) in [6.07, 6.45) is 4.73. The monoisotopic (exact) mass is 369 g/mol. The highest BCUT2D eigenvalue weighted by Crippen LogP contribution is 2.27. The van der Waals surface area contributed by atoms with Crippen LogP contribution in [-0.4, -0.2) is 17.4 Å². The van der Waals surface area contributed by atoms with Crippen LogP contribution in [0.1, 0.15) is 61.5 Å². The lowest BCUT2D eigenvalue weighted by Gasteiger charge is -2.23. The first-order chi connectivity index (χ1) is 9.36. The van der Waals surface area contributed by atoms with Crippen LogP contribution < -0.4 is 11.1 Å². The molecule has 1 heterocycles. The average molecular weight is 370 g/mol. The lowest BCUT2D eigenvalue weighted by atomic mass is 10.1. The molecular weight excluding hydrogens is 341 g/mol. The number of nitrogens with two attached hydrogens (primary N) is 1. The van der Waals surface area contributed by atoms with Crippen LogP contribution in [0, 0.1) is 13.8 Å². The van der Waals surface area contributed by atoms with Crippen LogP contribution in [0.5, 0.6) is 0 Å². The lowest BCUT2D eigenvalue weighted by Crippen LogP contribution is -2.40. The number of unbranched alkanes of at least 4 members (excludes halogenated alkanes) is 3. The highest BCUT2D eigenvalue weighted by Gasteiger charge is 2.26. The van der Waals surface area contributed by atoms with Gasteiger partial charge in [-0.05, 0) is 47.1 Å². The fraction of sp³-hybridized carbons (Fsp3) is 0.733. The molecule has 1 aromatic heterocycles. The van der Waals surface area contributed by atoms with E-state index < -0.39 is 5.54 Å². The molecular formula is C15H29Cl2N3OS. The van der Waals surface area contributed by atoms with Crippen LogP contribution in [-0.2, 0) is 10.3 Å². The molecule has 3 N–H and O–H groups in total. The first kappa shape index (κ1) is 23.9. The van der Waals surface area contributed by atoms with Crippen LogP contribution in [0.4, 0.5) is 0 Å². The lowest BCUT2D eigenvalue weighted by molar-refractivity contribution is -0.122. The Bertz CT molecular complexity index is 430. The molecule has 0 fully saturated rings. The zero-order valence-corrected chi connectivity index (χ0v) is 16.3. The Kier molecular flexibility index (Phi) is 12.2. The number of carbonyl (C=O) groups excluding carboxylic acids is 1. The predicted octanol–water partition coefficient (Wildman–Crippen LogP) is 3.86. The standard InChI is InChI=1S/C15H27N3OS.2ClH/c1-11-12(2)20-14(17-11)15(3,4)18-13(19)9-7-5-6-8-10-16;;/h5-10,16H2,1-4H3,(H,18,19);2*1H. The molecule has 0 aliphatic rings. The molecule has 0 atom stereocenters. The molecule has 0 aliphatic heterocycles. The van der Waals surface area contributed by atoms with E-state index in [1.165, 1.54) is 4.88 Å². The van der Waals surface area contributed by atoms with Crippen molar-refractivity contribution in [3.05, 3.63) is 15.6 Å². The molecule has 1 rings (SSSR count). The highest BCUT2D eigenvalue weighted by atomic mass is 35.5. The van der Waals surface area contributed by atoms with Gasteiger partial charge in [0.1, 0.15) is 5.01 Å². The minimum Gasteiger partial charge on any atom is -0.345 e. The van der Waals surface area contributed by atoms with Gasteiger partial charge in [-0.2, -0.15) is 0 Å². The summed E-state index contributed by atoms with van der Waals surface area (Å²) in [4.78, 5) is 17.8. The van der Waals surface area contributed by atoms with Gasteiger partial charge in [-0.25, -0.2) is 4.98 Å². The summed E-state index contributed by atoms with van der Waals surface area (Å²) in [7, 11) is 0. The molecule has 0 saturated heterocycles. The number of nitrogens with zero attached hydrogens (tertiary/aromatic N) is 1. The maximum atomic E-state index is 12.0. The van der Waals surface area contributed by atoms with Gasteiger partial charge in [-0.3, -0.25) is 4.79 Å². The Morgan fingerprint density at radius 3 is 2.27 bits per heavy atom. The van der Waals surface area contributed by atoms with Crippen molar-refractivity contribution in [3.8, 4) is 0 Å². The second-order valence-electron chi connectivity index (χ2n) is 5.79. The van der Waals surface area contributed by atoms with Crippen LogP contribution in [0.2, 0.25) is 0 Å². The van der Waals surface area contributed by atoms with Crippen LogP contribution in [0.15, 0.2) is 0 Å². The third-order valence-electron chi connectivity index (χ3n) is 3.37. The Morgan fingerprint density at radius 1 is 1.18 bits per heavy atom. The molecule has 1 aromatic rings. The van der Waals surface area contributed by atoms with Gasteiger partial charge in [-0.15, -0.1) is 36.2 Å². The van der Waals surface area contributed by atoms with E-state index in [0.29, 0.717) is 6.42 Å². The summed E-state index contributed by atoms with van der Waals surface area (Å²) >= 11 is 1.66. The summed E-state index contributed by atoms with van der Waals surface area (Å²) in [5.74, 6) is 0.105. The van der Waals surface area contributed by atoms with E-state index in [1.54, 1.807) is 11.3 Å². The zero-order chi connectivity index (χ0) is 15.2. The minimum atomic E-state index is -0.391. The van der Waals surface area contributed by atoms with Crippen molar-refractivity contribution in [2.24, 2.45) is 5.73 Å². The average Bonchev–Trinajstić information content (AvgIpc) is 2.70. The van der Waals surface area contributed by atoms with Gasteiger partial charge in [0.15, 0.2) is 0 Å². The molecule has 7 heteroatoms. The fourth-order valence-electron chi connectivity index (χ4n) is 1.99. The van der Waals surface area contributed by atoms with E-state index in [1.807, 2.05) is 20.8 Å². The van der Waals surface area contributed by atoms with Gasteiger partial charge in [0.25, 0.3) is 0 Å². The van der Waals surface area contributed by atoms with Gasteiger partial charge >= 0.3 is 0 Å². The Hall–Kier alpha value is -0.360. The number of hydrogen-bond donors (Lipinski definition) is 2. The second kappa shape index (κ2) is 11.2. The minimum absolute atomic E-state index is 0. The number of rotatable bonds is 8. The number of aromatic nitrogens is 1. The number of thiazole rings is 1. The molecule has 4 nitrogen and oxygen atoms in total. The van der Waals surface area contributed by atoms with E-state index in [4.69, 9.17) is 5.73 Å². The van der Waals surface area contributed by atoms with Crippen LogP contribution >= 0.6 is 36.2 Å². The van der Waals surface area contributed by atoms with Crippen molar-refractivity contribution in [3.63, 3.8) is 0 Å². The van der Waals surface area contributed by atoms with Gasteiger partial charge in [0.05, 0.1) is 11.2 Å². The second-order valence-corrected chi connectivity index (χ2v) is 6.99. The number of nitrogens with one attached hydrogen (secondary N) is 1. The highest BCUT2D eigenvalue weighted by molar-refractivity contribution is 7.11. The van der Waals surface area contributed by atoms with Crippen LogP contribution in [0.25, 0.3) is 0 Å². The van der Waals surface area contributed by atoms with E-state index in [0.717, 1.165) is 42.9 Å². The quantitative estimate of drug-likeness (QED) is 0.683. The molecule has 0 bridgehead atoms. The molecule has 0 saturated carbocycles. The normalized spacial score (nSPS) is 10.6. The van der Waals surface area contributed by atoms with Gasteiger partial charge in [-0.1, -0.05) is 12.8 Å². The third kappa shape index (κ3) is 7.77. The molecule has 0 radical (unpaired) electrons. The van der Waals surface area contributed by atoms with Gasteiger partial charge < -0.3 is 11.1 Å². The number of aryl methyl sites for hydroxylation is 2. The Morgan fingerprint density at radius 2 is 1.77 bits per heavy atom. The van der Waals surface area contributed by atoms with Crippen molar-refractivity contribution in [1.29, 1.82) is 0 Å². The first-order valence-electron chi connectivity index (χ1n) is 7.32. The smallest absolute Gasteiger partial charge is 0.220 e. The summed E-state index contributed by atoms with van der Waals surface area (Å²) in [6.45, 7) is 8.83. The Balaban J connectivity index is 0. The van der Waals surface area contributed by atoms with Crippen molar-refractivity contribution in [2.75, 3.05) is 6.54 Å². The molecule has 130 valence electrons. The SMILES string of the molecule is Cc1nc(C(C)(C)NC(=O)CCCCCCN)sc1C.Cl.Cl. The molecule has 0 aromatic carbocycles. The summed E-state index contributed by atoms with van der Waals surface area (Å²) in [5, 5.41) is 4.06. The van der Waals surface area contributed by atoms with Gasteiger partial charge in [0.2, 0.25) is 5.91 Å². The maximum Gasteiger partial charge on any atom is 0.220 e.